The summed E-state index contributed by atoms with van der Waals surface area (Å²) in [6.07, 6.45) is 1.65. The van der Waals surface area contributed by atoms with Crippen LogP contribution < -0.4 is 11.5 Å². The average molecular weight is 268 g/mol. The van der Waals surface area contributed by atoms with Crippen molar-refractivity contribution in [3.63, 3.8) is 0 Å². The fourth-order valence-corrected chi connectivity index (χ4v) is 2.95. The molecule has 108 valence electrons. The van der Waals surface area contributed by atoms with Crippen LogP contribution in [-0.4, -0.2) is 60.4 Å². The lowest BCUT2D eigenvalue weighted by Gasteiger charge is -2.32. The molecule has 2 fully saturated rings. The van der Waals surface area contributed by atoms with E-state index in [0.29, 0.717) is 19.0 Å². The van der Waals surface area contributed by atoms with Crippen LogP contribution in [0.3, 0.4) is 0 Å². The molecule has 0 radical (unpaired) electrons. The van der Waals surface area contributed by atoms with E-state index in [-0.39, 0.29) is 23.8 Å². The van der Waals surface area contributed by atoms with Crippen molar-refractivity contribution in [3.05, 3.63) is 0 Å². The van der Waals surface area contributed by atoms with Crippen molar-refractivity contribution in [3.8, 4) is 0 Å². The molecule has 2 aliphatic heterocycles. The molecule has 0 aromatic carbocycles. The maximum atomic E-state index is 12.2. The molecule has 6 heteroatoms. The first-order valence-corrected chi connectivity index (χ1v) is 7.02. The van der Waals surface area contributed by atoms with Crippen LogP contribution in [0.25, 0.3) is 0 Å². The molecular formula is C13H24N4O2. The van der Waals surface area contributed by atoms with E-state index in [0.717, 1.165) is 32.5 Å². The first-order chi connectivity index (χ1) is 8.97. The van der Waals surface area contributed by atoms with Crippen molar-refractivity contribution in [1.29, 1.82) is 0 Å². The summed E-state index contributed by atoms with van der Waals surface area (Å²) < 4.78 is 0. The number of piperidine rings is 1. The zero-order valence-corrected chi connectivity index (χ0v) is 11.5. The molecule has 0 aromatic heterocycles. The van der Waals surface area contributed by atoms with Crippen LogP contribution in [0.2, 0.25) is 0 Å². The number of carbonyl (C=O) groups excluding carboxylic acids is 2. The van der Waals surface area contributed by atoms with Gasteiger partial charge in [-0.05, 0) is 18.8 Å². The molecule has 3 unspecified atom stereocenters. The second-order valence-electron chi connectivity index (χ2n) is 5.92. The van der Waals surface area contributed by atoms with Crippen molar-refractivity contribution in [2.75, 3.05) is 32.7 Å². The number of rotatable bonds is 3. The smallest absolute Gasteiger partial charge is 0.236 e. The molecule has 0 saturated carbocycles. The fourth-order valence-electron chi connectivity index (χ4n) is 2.95. The highest BCUT2D eigenvalue weighted by molar-refractivity contribution is 5.81. The number of nitrogens with two attached hydrogens (primary N) is 2. The largest absolute Gasteiger partial charge is 0.369 e. The fraction of sp³-hybridized carbons (Fsp3) is 0.846. The van der Waals surface area contributed by atoms with Gasteiger partial charge in [0.2, 0.25) is 11.8 Å². The first kappa shape index (κ1) is 14.3. The molecule has 0 bridgehead atoms. The van der Waals surface area contributed by atoms with Gasteiger partial charge in [-0.25, -0.2) is 0 Å². The summed E-state index contributed by atoms with van der Waals surface area (Å²) >= 11 is 0. The second-order valence-corrected chi connectivity index (χ2v) is 5.92. The summed E-state index contributed by atoms with van der Waals surface area (Å²) in [6.45, 7) is 5.38. The third kappa shape index (κ3) is 3.45. The topological polar surface area (TPSA) is 92.7 Å². The van der Waals surface area contributed by atoms with E-state index in [1.165, 1.54) is 0 Å². The standard InChI is InChI=1S/C13H24N4O2/c1-9-5-16(7-11(9)14)8-12(18)17-4-2-3-10(6-17)13(15)19/h9-11H,2-8,14H2,1H3,(H2,15,19). The zero-order chi connectivity index (χ0) is 14.0. The minimum Gasteiger partial charge on any atom is -0.369 e. The Morgan fingerprint density at radius 2 is 2.00 bits per heavy atom. The molecule has 3 atom stereocenters. The number of amides is 2. The second kappa shape index (κ2) is 5.88. The number of carbonyl (C=O) groups is 2. The molecule has 2 saturated heterocycles. The quantitative estimate of drug-likeness (QED) is 0.686. The first-order valence-electron chi connectivity index (χ1n) is 7.02. The van der Waals surface area contributed by atoms with Crippen LogP contribution in [0, 0.1) is 11.8 Å². The van der Waals surface area contributed by atoms with Gasteiger partial charge in [-0.2, -0.15) is 0 Å². The normalized spacial score (nSPS) is 32.5. The molecule has 2 heterocycles. The van der Waals surface area contributed by atoms with Crippen LogP contribution in [-0.2, 0) is 9.59 Å². The van der Waals surface area contributed by atoms with E-state index >= 15 is 0 Å². The minimum absolute atomic E-state index is 0.0900. The predicted molar refractivity (Wildman–Crippen MR) is 72.1 cm³/mol. The number of primary amides is 1. The number of nitrogens with zero attached hydrogens (tertiary/aromatic N) is 2. The van der Waals surface area contributed by atoms with E-state index in [2.05, 4.69) is 11.8 Å². The Morgan fingerprint density at radius 1 is 1.26 bits per heavy atom. The van der Waals surface area contributed by atoms with Gasteiger partial charge in [0.15, 0.2) is 0 Å². The van der Waals surface area contributed by atoms with E-state index in [1.54, 1.807) is 4.90 Å². The Balaban J connectivity index is 1.84. The maximum absolute atomic E-state index is 12.2. The van der Waals surface area contributed by atoms with Crippen LogP contribution in [0.1, 0.15) is 19.8 Å². The average Bonchev–Trinajstić information content (AvgIpc) is 2.68. The van der Waals surface area contributed by atoms with Gasteiger partial charge in [-0.3, -0.25) is 14.5 Å². The summed E-state index contributed by atoms with van der Waals surface area (Å²) in [5.74, 6) is 0.0477. The molecule has 2 rings (SSSR count). The van der Waals surface area contributed by atoms with Crippen molar-refractivity contribution in [2.45, 2.75) is 25.8 Å². The lowest BCUT2D eigenvalue weighted by molar-refractivity contribution is -0.135. The number of hydrogen-bond acceptors (Lipinski definition) is 4. The molecule has 0 spiro atoms. The molecule has 0 aromatic rings. The van der Waals surface area contributed by atoms with E-state index in [9.17, 15) is 9.59 Å². The van der Waals surface area contributed by atoms with Crippen molar-refractivity contribution >= 4 is 11.8 Å². The monoisotopic (exact) mass is 268 g/mol. The molecule has 2 amide bonds. The van der Waals surface area contributed by atoms with Gasteiger partial charge in [0, 0.05) is 32.2 Å². The summed E-state index contributed by atoms with van der Waals surface area (Å²) in [7, 11) is 0. The van der Waals surface area contributed by atoms with E-state index in [4.69, 9.17) is 11.5 Å². The molecule has 19 heavy (non-hydrogen) atoms. The molecule has 0 aliphatic carbocycles. The third-order valence-corrected chi connectivity index (χ3v) is 4.28. The van der Waals surface area contributed by atoms with Gasteiger partial charge in [-0.15, -0.1) is 0 Å². The number of likely N-dealkylation sites (tertiary alicyclic amines) is 2. The van der Waals surface area contributed by atoms with Crippen molar-refractivity contribution in [1.82, 2.24) is 9.80 Å². The third-order valence-electron chi connectivity index (χ3n) is 4.28. The highest BCUT2D eigenvalue weighted by Crippen LogP contribution is 2.18. The Labute approximate surface area is 114 Å². The zero-order valence-electron chi connectivity index (χ0n) is 11.5. The summed E-state index contributed by atoms with van der Waals surface area (Å²) in [4.78, 5) is 27.3. The van der Waals surface area contributed by atoms with Gasteiger partial charge in [0.05, 0.1) is 12.5 Å². The van der Waals surface area contributed by atoms with Gasteiger partial charge in [-0.1, -0.05) is 6.92 Å². The van der Waals surface area contributed by atoms with Crippen molar-refractivity contribution in [2.24, 2.45) is 23.3 Å². The SMILES string of the molecule is CC1CN(CC(=O)N2CCCC(C(N)=O)C2)CC1N. The van der Waals surface area contributed by atoms with Crippen LogP contribution in [0.15, 0.2) is 0 Å². The molecule has 2 aliphatic rings. The van der Waals surface area contributed by atoms with Gasteiger partial charge in [0.1, 0.15) is 0 Å². The molecule has 6 nitrogen and oxygen atoms in total. The van der Waals surface area contributed by atoms with Gasteiger partial charge >= 0.3 is 0 Å². The van der Waals surface area contributed by atoms with Crippen LogP contribution in [0.4, 0.5) is 0 Å². The Morgan fingerprint density at radius 3 is 2.58 bits per heavy atom. The van der Waals surface area contributed by atoms with Crippen LogP contribution in [0.5, 0.6) is 0 Å². The lowest BCUT2D eigenvalue weighted by atomic mass is 9.97. The molecule has 4 N–H and O–H groups in total. The number of hydrogen-bond donors (Lipinski definition) is 2. The minimum atomic E-state index is -0.297. The van der Waals surface area contributed by atoms with E-state index in [1.807, 2.05) is 0 Å². The highest BCUT2D eigenvalue weighted by Gasteiger charge is 2.31. The van der Waals surface area contributed by atoms with Gasteiger partial charge < -0.3 is 16.4 Å². The van der Waals surface area contributed by atoms with Crippen molar-refractivity contribution < 1.29 is 9.59 Å². The summed E-state index contributed by atoms with van der Waals surface area (Å²) in [5, 5.41) is 0. The highest BCUT2D eigenvalue weighted by atomic mass is 16.2. The maximum Gasteiger partial charge on any atom is 0.236 e. The predicted octanol–water partition coefficient (Wildman–Crippen LogP) is -1.01. The molecular weight excluding hydrogens is 244 g/mol. The summed E-state index contributed by atoms with van der Waals surface area (Å²) in [6, 6.07) is 0.160. The summed E-state index contributed by atoms with van der Waals surface area (Å²) in [5.41, 5.74) is 11.3. The Bertz CT molecular complexity index is 351. The van der Waals surface area contributed by atoms with Gasteiger partial charge in [0.25, 0.3) is 0 Å². The van der Waals surface area contributed by atoms with E-state index < -0.39 is 0 Å². The van der Waals surface area contributed by atoms with Crippen LogP contribution >= 0.6 is 0 Å². The Kier molecular flexibility index (Phi) is 4.42. The lowest BCUT2D eigenvalue weighted by Crippen LogP contribution is -2.47. The Hall–Kier alpha value is -1.14.